The van der Waals surface area contributed by atoms with E-state index in [1.165, 1.54) is 0 Å². The van der Waals surface area contributed by atoms with E-state index in [1.807, 2.05) is 33.8 Å². The standard InChI is InChI=1S/C15H16ClNO/c1-8-9(2)14(17-11(8)4)15(18)12-6-5-7-13(16)10(12)3/h5-7,17H,1-4H3. The highest BCUT2D eigenvalue weighted by molar-refractivity contribution is 6.32. The zero-order valence-corrected chi connectivity index (χ0v) is 11.8. The van der Waals surface area contributed by atoms with E-state index in [2.05, 4.69) is 4.98 Å². The molecule has 0 amide bonds. The molecule has 0 aliphatic heterocycles. The lowest BCUT2D eigenvalue weighted by molar-refractivity contribution is 0.103. The first-order valence-corrected chi connectivity index (χ1v) is 6.27. The van der Waals surface area contributed by atoms with Gasteiger partial charge in [0, 0.05) is 16.3 Å². The average molecular weight is 262 g/mol. The molecule has 1 N–H and O–H groups in total. The predicted octanol–water partition coefficient (Wildman–Crippen LogP) is 4.13. The van der Waals surface area contributed by atoms with Gasteiger partial charge in [-0.2, -0.15) is 0 Å². The van der Waals surface area contributed by atoms with Crippen LogP contribution in [0.15, 0.2) is 18.2 Å². The van der Waals surface area contributed by atoms with Gasteiger partial charge in [-0.05, 0) is 50.5 Å². The Morgan fingerprint density at radius 1 is 1.06 bits per heavy atom. The highest BCUT2D eigenvalue weighted by atomic mass is 35.5. The minimum absolute atomic E-state index is 0.00343. The largest absolute Gasteiger partial charge is 0.356 e. The van der Waals surface area contributed by atoms with E-state index >= 15 is 0 Å². The third-order valence-electron chi connectivity index (χ3n) is 3.55. The molecule has 18 heavy (non-hydrogen) atoms. The van der Waals surface area contributed by atoms with Gasteiger partial charge in [-0.25, -0.2) is 0 Å². The van der Waals surface area contributed by atoms with Crippen molar-refractivity contribution in [1.29, 1.82) is 0 Å². The Balaban J connectivity index is 2.55. The summed E-state index contributed by atoms with van der Waals surface area (Å²) in [5.74, 6) is 0.00343. The van der Waals surface area contributed by atoms with Crippen LogP contribution < -0.4 is 0 Å². The first-order chi connectivity index (χ1) is 8.43. The zero-order valence-electron chi connectivity index (χ0n) is 11.0. The van der Waals surface area contributed by atoms with Crippen molar-refractivity contribution in [3.63, 3.8) is 0 Å². The third-order valence-corrected chi connectivity index (χ3v) is 3.96. The number of nitrogens with one attached hydrogen (secondary N) is 1. The number of ketones is 1. The summed E-state index contributed by atoms with van der Waals surface area (Å²) in [6.45, 7) is 7.83. The van der Waals surface area contributed by atoms with Crippen LogP contribution in [0.5, 0.6) is 0 Å². The van der Waals surface area contributed by atoms with Crippen LogP contribution in [-0.2, 0) is 0 Å². The Morgan fingerprint density at radius 3 is 2.28 bits per heavy atom. The molecular formula is C15H16ClNO. The van der Waals surface area contributed by atoms with E-state index in [1.54, 1.807) is 12.1 Å². The van der Waals surface area contributed by atoms with Crippen molar-refractivity contribution in [2.24, 2.45) is 0 Å². The first kappa shape index (κ1) is 12.9. The molecule has 1 aromatic heterocycles. The van der Waals surface area contributed by atoms with Gasteiger partial charge in [0.1, 0.15) is 0 Å². The van der Waals surface area contributed by atoms with Crippen molar-refractivity contribution in [2.45, 2.75) is 27.7 Å². The second kappa shape index (κ2) is 4.62. The molecule has 0 saturated carbocycles. The number of aromatic nitrogens is 1. The molecular weight excluding hydrogens is 246 g/mol. The monoisotopic (exact) mass is 261 g/mol. The summed E-state index contributed by atoms with van der Waals surface area (Å²) in [7, 11) is 0. The highest BCUT2D eigenvalue weighted by Crippen LogP contribution is 2.24. The molecule has 0 atom stereocenters. The van der Waals surface area contributed by atoms with E-state index in [-0.39, 0.29) is 5.78 Å². The summed E-state index contributed by atoms with van der Waals surface area (Å²) >= 11 is 6.06. The summed E-state index contributed by atoms with van der Waals surface area (Å²) in [5, 5.41) is 0.624. The van der Waals surface area contributed by atoms with Crippen LogP contribution in [-0.4, -0.2) is 10.8 Å². The van der Waals surface area contributed by atoms with Crippen LogP contribution >= 0.6 is 11.6 Å². The first-order valence-electron chi connectivity index (χ1n) is 5.89. The fraction of sp³-hybridized carbons (Fsp3) is 0.267. The van der Waals surface area contributed by atoms with Crippen molar-refractivity contribution in [1.82, 2.24) is 4.98 Å². The summed E-state index contributed by atoms with van der Waals surface area (Å²) < 4.78 is 0. The van der Waals surface area contributed by atoms with Crippen LogP contribution in [0.4, 0.5) is 0 Å². The number of hydrogen-bond donors (Lipinski definition) is 1. The van der Waals surface area contributed by atoms with Gasteiger partial charge in [-0.3, -0.25) is 4.79 Å². The number of halogens is 1. The molecule has 0 radical (unpaired) electrons. The molecule has 0 aliphatic carbocycles. The Morgan fingerprint density at radius 2 is 1.72 bits per heavy atom. The number of benzene rings is 1. The Bertz CT molecular complexity index is 626. The quantitative estimate of drug-likeness (QED) is 0.810. The number of aryl methyl sites for hydroxylation is 1. The lowest BCUT2D eigenvalue weighted by atomic mass is 10.00. The number of rotatable bonds is 2. The Kier molecular flexibility index (Phi) is 3.31. The lowest BCUT2D eigenvalue weighted by Crippen LogP contribution is -2.06. The number of carbonyl (C=O) groups is 1. The molecule has 2 nitrogen and oxygen atoms in total. The van der Waals surface area contributed by atoms with Gasteiger partial charge in [-0.1, -0.05) is 23.7 Å². The molecule has 0 aliphatic rings. The molecule has 0 spiro atoms. The van der Waals surface area contributed by atoms with Crippen molar-refractivity contribution >= 4 is 17.4 Å². The fourth-order valence-electron chi connectivity index (χ4n) is 2.06. The molecule has 2 aromatic rings. The molecule has 0 saturated heterocycles. The maximum atomic E-state index is 12.5. The molecule has 0 unspecified atom stereocenters. The van der Waals surface area contributed by atoms with Crippen molar-refractivity contribution in [3.8, 4) is 0 Å². The molecule has 0 fully saturated rings. The summed E-state index contributed by atoms with van der Waals surface area (Å²) in [6.07, 6.45) is 0. The molecule has 2 rings (SSSR count). The van der Waals surface area contributed by atoms with Gasteiger partial charge >= 0.3 is 0 Å². The summed E-state index contributed by atoms with van der Waals surface area (Å²) in [5.41, 5.74) is 5.33. The van der Waals surface area contributed by atoms with E-state index in [4.69, 9.17) is 11.6 Å². The topological polar surface area (TPSA) is 32.9 Å². The second-order valence-corrected chi connectivity index (χ2v) is 5.02. The maximum Gasteiger partial charge on any atom is 0.209 e. The van der Waals surface area contributed by atoms with Crippen LogP contribution in [0.2, 0.25) is 5.02 Å². The van der Waals surface area contributed by atoms with Gasteiger partial charge in [0.05, 0.1) is 5.69 Å². The van der Waals surface area contributed by atoms with E-state index in [0.29, 0.717) is 16.3 Å². The van der Waals surface area contributed by atoms with Crippen LogP contribution in [0.3, 0.4) is 0 Å². The highest BCUT2D eigenvalue weighted by Gasteiger charge is 2.18. The van der Waals surface area contributed by atoms with E-state index in [9.17, 15) is 4.79 Å². The lowest BCUT2D eigenvalue weighted by Gasteiger charge is -2.06. The zero-order chi connectivity index (χ0) is 13.4. The third kappa shape index (κ3) is 1.97. The number of aromatic amines is 1. The van der Waals surface area contributed by atoms with Gasteiger partial charge in [0.15, 0.2) is 0 Å². The minimum atomic E-state index is 0.00343. The minimum Gasteiger partial charge on any atom is -0.356 e. The second-order valence-electron chi connectivity index (χ2n) is 4.62. The number of hydrogen-bond acceptors (Lipinski definition) is 1. The van der Waals surface area contributed by atoms with Crippen LogP contribution in [0, 0.1) is 27.7 Å². The normalized spacial score (nSPS) is 10.7. The van der Waals surface area contributed by atoms with E-state index < -0.39 is 0 Å². The van der Waals surface area contributed by atoms with E-state index in [0.717, 1.165) is 22.4 Å². The molecule has 1 aromatic carbocycles. The van der Waals surface area contributed by atoms with Gasteiger partial charge < -0.3 is 4.98 Å². The average Bonchev–Trinajstić information content (AvgIpc) is 2.60. The molecule has 3 heteroatoms. The SMILES string of the molecule is Cc1[nH]c(C(=O)c2cccc(Cl)c2C)c(C)c1C. The smallest absolute Gasteiger partial charge is 0.209 e. The summed E-state index contributed by atoms with van der Waals surface area (Å²) in [6, 6.07) is 5.42. The summed E-state index contributed by atoms with van der Waals surface area (Å²) in [4.78, 5) is 15.7. The fourth-order valence-corrected chi connectivity index (χ4v) is 2.23. The molecule has 0 bridgehead atoms. The number of carbonyl (C=O) groups excluding carboxylic acids is 1. The van der Waals surface area contributed by atoms with Crippen LogP contribution in [0.1, 0.15) is 38.4 Å². The van der Waals surface area contributed by atoms with Crippen molar-refractivity contribution in [2.75, 3.05) is 0 Å². The van der Waals surface area contributed by atoms with Crippen molar-refractivity contribution < 1.29 is 4.79 Å². The molecule has 94 valence electrons. The predicted molar refractivity (Wildman–Crippen MR) is 74.6 cm³/mol. The van der Waals surface area contributed by atoms with Crippen molar-refractivity contribution in [3.05, 3.63) is 56.9 Å². The Hall–Kier alpha value is -1.54. The Labute approximate surface area is 112 Å². The van der Waals surface area contributed by atoms with Crippen LogP contribution in [0.25, 0.3) is 0 Å². The molecule has 1 heterocycles. The number of H-pyrrole nitrogens is 1. The van der Waals surface area contributed by atoms with Gasteiger partial charge in [0.25, 0.3) is 0 Å². The van der Waals surface area contributed by atoms with Gasteiger partial charge in [0.2, 0.25) is 5.78 Å². The maximum absolute atomic E-state index is 12.5. The van der Waals surface area contributed by atoms with Gasteiger partial charge in [-0.15, -0.1) is 0 Å².